The highest BCUT2D eigenvalue weighted by molar-refractivity contribution is 14.1. The molecule has 0 aliphatic carbocycles. The third-order valence-corrected chi connectivity index (χ3v) is 3.43. The number of carbonyl (C=O) groups excluding carboxylic acids is 1. The molecular weight excluding hydrogens is 315 g/mol. The summed E-state index contributed by atoms with van der Waals surface area (Å²) >= 11 is 2.24. The van der Waals surface area contributed by atoms with E-state index in [2.05, 4.69) is 33.2 Å². The number of nitrogens with one attached hydrogen (secondary N) is 2. The zero-order valence-electron chi connectivity index (χ0n) is 9.00. The van der Waals surface area contributed by atoms with Gasteiger partial charge in [0.15, 0.2) is 0 Å². The van der Waals surface area contributed by atoms with Crippen LogP contribution in [0.15, 0.2) is 24.3 Å². The first kappa shape index (κ1) is 11.9. The Hall–Kier alpha value is -0.620. The summed E-state index contributed by atoms with van der Waals surface area (Å²) in [5, 5.41) is 6.22. The summed E-state index contributed by atoms with van der Waals surface area (Å²) in [7, 11) is 0. The number of benzene rings is 1. The van der Waals surface area contributed by atoms with Gasteiger partial charge in [-0.1, -0.05) is 6.07 Å². The quantitative estimate of drug-likeness (QED) is 0.817. The van der Waals surface area contributed by atoms with E-state index in [-0.39, 0.29) is 11.8 Å². The van der Waals surface area contributed by atoms with E-state index in [1.54, 1.807) is 0 Å². The predicted molar refractivity (Wildman–Crippen MR) is 73.4 cm³/mol. The average molecular weight is 330 g/mol. The Morgan fingerprint density at radius 2 is 2.38 bits per heavy atom. The Bertz CT molecular complexity index is 375. The molecule has 1 aliphatic rings. The molecule has 1 fully saturated rings. The second-order valence-electron chi connectivity index (χ2n) is 4.04. The zero-order valence-corrected chi connectivity index (χ0v) is 11.2. The first-order valence-electron chi connectivity index (χ1n) is 5.53. The van der Waals surface area contributed by atoms with E-state index in [4.69, 9.17) is 0 Å². The first-order chi connectivity index (χ1) is 7.75. The average Bonchev–Trinajstić information content (AvgIpc) is 2.30. The standard InChI is InChI=1S/C12H15IN2O/c13-10-4-1-5-11(7-10)15-12(16)9-3-2-6-14-8-9/h1,4-5,7,9,14H,2-3,6,8H2,(H,15,16)/t9-/m1/s1. The Balaban J connectivity index is 1.96. The summed E-state index contributed by atoms with van der Waals surface area (Å²) in [6.45, 7) is 1.84. The van der Waals surface area contributed by atoms with Gasteiger partial charge < -0.3 is 10.6 Å². The van der Waals surface area contributed by atoms with Crippen LogP contribution < -0.4 is 10.6 Å². The van der Waals surface area contributed by atoms with Crippen molar-refractivity contribution < 1.29 is 4.79 Å². The minimum Gasteiger partial charge on any atom is -0.326 e. The number of hydrogen-bond acceptors (Lipinski definition) is 2. The summed E-state index contributed by atoms with van der Waals surface area (Å²) in [4.78, 5) is 11.9. The Morgan fingerprint density at radius 1 is 1.50 bits per heavy atom. The summed E-state index contributed by atoms with van der Waals surface area (Å²) in [5.74, 6) is 0.251. The van der Waals surface area contributed by atoms with Crippen LogP contribution in [0.2, 0.25) is 0 Å². The van der Waals surface area contributed by atoms with Crippen LogP contribution in [0.4, 0.5) is 5.69 Å². The fraction of sp³-hybridized carbons (Fsp3) is 0.417. The normalized spacial score (nSPS) is 20.4. The lowest BCUT2D eigenvalue weighted by Gasteiger charge is -2.21. The van der Waals surface area contributed by atoms with Crippen molar-refractivity contribution in [3.05, 3.63) is 27.8 Å². The van der Waals surface area contributed by atoms with Gasteiger partial charge in [-0.2, -0.15) is 0 Å². The molecule has 2 rings (SSSR count). The van der Waals surface area contributed by atoms with Crippen LogP contribution in [0.5, 0.6) is 0 Å². The van der Waals surface area contributed by atoms with Gasteiger partial charge in [0.1, 0.15) is 0 Å². The molecule has 4 heteroatoms. The van der Waals surface area contributed by atoms with E-state index in [0.717, 1.165) is 35.2 Å². The molecule has 0 bridgehead atoms. The largest absolute Gasteiger partial charge is 0.326 e. The second-order valence-corrected chi connectivity index (χ2v) is 5.29. The highest BCUT2D eigenvalue weighted by atomic mass is 127. The maximum absolute atomic E-state index is 11.9. The fourth-order valence-corrected chi connectivity index (χ4v) is 2.43. The summed E-state index contributed by atoms with van der Waals surface area (Å²) in [6.07, 6.45) is 2.08. The Morgan fingerprint density at radius 3 is 3.06 bits per heavy atom. The number of anilines is 1. The molecule has 2 N–H and O–H groups in total. The van der Waals surface area contributed by atoms with Crippen LogP contribution >= 0.6 is 22.6 Å². The molecule has 1 aromatic rings. The molecule has 1 amide bonds. The summed E-state index contributed by atoms with van der Waals surface area (Å²) in [6, 6.07) is 7.87. The molecule has 1 saturated heterocycles. The number of amides is 1. The van der Waals surface area contributed by atoms with E-state index in [0.29, 0.717) is 0 Å². The molecule has 1 aliphatic heterocycles. The van der Waals surface area contributed by atoms with Gasteiger partial charge >= 0.3 is 0 Å². The van der Waals surface area contributed by atoms with E-state index in [9.17, 15) is 4.79 Å². The van der Waals surface area contributed by atoms with Gasteiger partial charge in [-0.05, 0) is 60.2 Å². The molecule has 0 unspecified atom stereocenters. The topological polar surface area (TPSA) is 41.1 Å². The van der Waals surface area contributed by atoms with Crippen molar-refractivity contribution >= 4 is 34.2 Å². The molecular formula is C12H15IN2O. The number of piperidine rings is 1. The maximum Gasteiger partial charge on any atom is 0.228 e. The minimum absolute atomic E-state index is 0.117. The lowest BCUT2D eigenvalue weighted by atomic mass is 9.99. The third-order valence-electron chi connectivity index (χ3n) is 2.76. The molecule has 0 aromatic heterocycles. The highest BCUT2D eigenvalue weighted by Gasteiger charge is 2.20. The highest BCUT2D eigenvalue weighted by Crippen LogP contribution is 2.16. The van der Waals surface area contributed by atoms with Crippen LogP contribution in [-0.4, -0.2) is 19.0 Å². The van der Waals surface area contributed by atoms with Crippen molar-refractivity contribution in [1.82, 2.24) is 5.32 Å². The van der Waals surface area contributed by atoms with E-state index >= 15 is 0 Å². The van der Waals surface area contributed by atoms with Crippen molar-refractivity contribution in [3.63, 3.8) is 0 Å². The van der Waals surface area contributed by atoms with Crippen LogP contribution in [0.3, 0.4) is 0 Å². The Labute approximate surface area is 109 Å². The van der Waals surface area contributed by atoms with Gasteiger partial charge in [-0.3, -0.25) is 4.79 Å². The monoisotopic (exact) mass is 330 g/mol. The first-order valence-corrected chi connectivity index (χ1v) is 6.61. The SMILES string of the molecule is O=C(Nc1cccc(I)c1)[C@@H]1CCCNC1. The van der Waals surface area contributed by atoms with Gasteiger partial charge in [0, 0.05) is 15.8 Å². The van der Waals surface area contributed by atoms with Crippen LogP contribution in [0.25, 0.3) is 0 Å². The van der Waals surface area contributed by atoms with Crippen LogP contribution in [0.1, 0.15) is 12.8 Å². The van der Waals surface area contributed by atoms with E-state index in [1.807, 2.05) is 24.3 Å². The Kier molecular flexibility index (Phi) is 4.17. The lowest BCUT2D eigenvalue weighted by molar-refractivity contribution is -0.120. The molecule has 1 aromatic carbocycles. The number of halogens is 1. The zero-order chi connectivity index (χ0) is 11.4. The summed E-state index contributed by atoms with van der Waals surface area (Å²) in [5.41, 5.74) is 0.891. The molecule has 0 saturated carbocycles. The molecule has 3 nitrogen and oxygen atoms in total. The van der Waals surface area contributed by atoms with E-state index < -0.39 is 0 Å². The minimum atomic E-state index is 0.117. The summed E-state index contributed by atoms with van der Waals surface area (Å²) < 4.78 is 1.14. The van der Waals surface area contributed by atoms with Crippen molar-refractivity contribution in [2.24, 2.45) is 5.92 Å². The second kappa shape index (κ2) is 5.63. The molecule has 1 atom stereocenters. The molecule has 1 heterocycles. The maximum atomic E-state index is 11.9. The van der Waals surface area contributed by atoms with E-state index in [1.165, 1.54) is 0 Å². The van der Waals surface area contributed by atoms with Gasteiger partial charge in [0.2, 0.25) is 5.91 Å². The van der Waals surface area contributed by atoms with Crippen molar-refractivity contribution in [2.75, 3.05) is 18.4 Å². The van der Waals surface area contributed by atoms with Gasteiger partial charge in [0.25, 0.3) is 0 Å². The smallest absolute Gasteiger partial charge is 0.228 e. The fourth-order valence-electron chi connectivity index (χ4n) is 1.89. The van der Waals surface area contributed by atoms with Crippen LogP contribution in [-0.2, 0) is 4.79 Å². The van der Waals surface area contributed by atoms with Crippen molar-refractivity contribution in [1.29, 1.82) is 0 Å². The molecule has 0 radical (unpaired) electrons. The molecule has 86 valence electrons. The molecule has 0 spiro atoms. The number of carbonyl (C=O) groups is 1. The van der Waals surface area contributed by atoms with Gasteiger partial charge in [0.05, 0.1) is 5.92 Å². The van der Waals surface area contributed by atoms with Crippen molar-refractivity contribution in [2.45, 2.75) is 12.8 Å². The number of rotatable bonds is 2. The molecule has 16 heavy (non-hydrogen) atoms. The number of hydrogen-bond donors (Lipinski definition) is 2. The van der Waals surface area contributed by atoms with Gasteiger partial charge in [-0.15, -0.1) is 0 Å². The third kappa shape index (κ3) is 3.18. The van der Waals surface area contributed by atoms with Crippen LogP contribution in [0, 0.1) is 9.49 Å². The predicted octanol–water partition coefficient (Wildman–Crippen LogP) is 2.23. The van der Waals surface area contributed by atoms with Gasteiger partial charge in [-0.25, -0.2) is 0 Å². The lowest BCUT2D eigenvalue weighted by Crippen LogP contribution is -2.37. The van der Waals surface area contributed by atoms with Crippen molar-refractivity contribution in [3.8, 4) is 0 Å².